The molecule has 1 aliphatic heterocycles. The maximum Gasteiger partial charge on any atom is 0.264 e. The molecule has 0 spiro atoms. The molecule has 1 atom stereocenters. The van der Waals surface area contributed by atoms with Crippen LogP contribution in [-0.4, -0.2) is 23.1 Å². The number of hydrogen-bond acceptors (Lipinski definition) is 3. The number of hydrogen-bond donors (Lipinski definition) is 2. The predicted molar refractivity (Wildman–Crippen MR) is 80.9 cm³/mol. The van der Waals surface area contributed by atoms with Gasteiger partial charge in [-0.25, -0.2) is 0 Å². The second-order valence-electron chi connectivity index (χ2n) is 4.54. The summed E-state index contributed by atoms with van der Waals surface area (Å²) in [6.45, 7) is 0.989. The van der Waals surface area contributed by atoms with Crippen LogP contribution in [0.3, 0.4) is 0 Å². The molecule has 2 rings (SSSR count). The molecule has 1 unspecified atom stereocenters. The molecule has 2 N–H and O–H groups in total. The standard InChI is InChI=1S/C12H16BrN3O2.ClH/c1-16-7-9(5-10(13)12(16)18)15-11(17)6-8-3-2-4-14-8;/h5,7-8,14H,2-4,6H2,1H3,(H,15,17);1H. The molecule has 1 amide bonds. The van der Waals surface area contributed by atoms with Crippen LogP contribution >= 0.6 is 28.3 Å². The minimum Gasteiger partial charge on any atom is -0.325 e. The van der Waals surface area contributed by atoms with Crippen LogP contribution < -0.4 is 16.2 Å². The van der Waals surface area contributed by atoms with Gasteiger partial charge in [-0.15, -0.1) is 12.4 Å². The van der Waals surface area contributed by atoms with Crippen molar-refractivity contribution in [3.8, 4) is 0 Å². The van der Waals surface area contributed by atoms with Crippen molar-refractivity contribution < 1.29 is 4.79 Å². The Kier molecular flexibility index (Phi) is 6.03. The smallest absolute Gasteiger partial charge is 0.264 e. The molecular weight excluding hydrogens is 334 g/mol. The molecule has 2 heterocycles. The van der Waals surface area contributed by atoms with Crippen molar-refractivity contribution in [2.75, 3.05) is 11.9 Å². The topological polar surface area (TPSA) is 63.1 Å². The number of nitrogens with zero attached hydrogens (tertiary/aromatic N) is 1. The summed E-state index contributed by atoms with van der Waals surface area (Å²) in [6, 6.07) is 1.91. The van der Waals surface area contributed by atoms with Gasteiger partial charge in [-0.2, -0.15) is 0 Å². The maximum absolute atomic E-state index is 11.8. The number of rotatable bonds is 3. The zero-order chi connectivity index (χ0) is 13.1. The summed E-state index contributed by atoms with van der Waals surface area (Å²) in [6.07, 6.45) is 4.27. The lowest BCUT2D eigenvalue weighted by Gasteiger charge is -2.11. The van der Waals surface area contributed by atoms with Gasteiger partial charge in [0.25, 0.3) is 5.56 Å². The van der Waals surface area contributed by atoms with Gasteiger partial charge in [0.05, 0.1) is 10.2 Å². The van der Waals surface area contributed by atoms with Gasteiger partial charge < -0.3 is 15.2 Å². The molecule has 19 heavy (non-hydrogen) atoms. The van der Waals surface area contributed by atoms with Gasteiger partial charge >= 0.3 is 0 Å². The monoisotopic (exact) mass is 349 g/mol. The molecule has 5 nitrogen and oxygen atoms in total. The minimum absolute atomic E-state index is 0. The maximum atomic E-state index is 11.8. The lowest BCUT2D eigenvalue weighted by molar-refractivity contribution is -0.116. The van der Waals surface area contributed by atoms with E-state index in [9.17, 15) is 9.59 Å². The fraction of sp³-hybridized carbons (Fsp3) is 0.500. The average molecular weight is 351 g/mol. The van der Waals surface area contributed by atoms with Crippen LogP contribution in [-0.2, 0) is 11.8 Å². The number of aromatic nitrogens is 1. The second kappa shape index (κ2) is 7.07. The summed E-state index contributed by atoms with van der Waals surface area (Å²) < 4.78 is 1.88. The van der Waals surface area contributed by atoms with Crippen molar-refractivity contribution in [2.45, 2.75) is 25.3 Å². The SMILES string of the molecule is Cl.Cn1cc(NC(=O)CC2CCCN2)cc(Br)c1=O. The van der Waals surface area contributed by atoms with Crippen molar-refractivity contribution in [1.82, 2.24) is 9.88 Å². The first-order valence-electron chi connectivity index (χ1n) is 5.95. The van der Waals surface area contributed by atoms with E-state index in [1.807, 2.05) is 0 Å². The number of halogens is 2. The quantitative estimate of drug-likeness (QED) is 0.871. The van der Waals surface area contributed by atoms with Gasteiger partial charge in [0, 0.05) is 25.7 Å². The second-order valence-corrected chi connectivity index (χ2v) is 5.39. The Morgan fingerprint density at radius 3 is 2.95 bits per heavy atom. The first-order chi connectivity index (χ1) is 8.56. The Morgan fingerprint density at radius 2 is 2.37 bits per heavy atom. The molecule has 7 heteroatoms. The molecule has 1 aromatic heterocycles. The van der Waals surface area contributed by atoms with Crippen LogP contribution in [0.15, 0.2) is 21.5 Å². The van der Waals surface area contributed by atoms with E-state index < -0.39 is 0 Å². The zero-order valence-corrected chi connectivity index (χ0v) is 13.0. The van der Waals surface area contributed by atoms with Gasteiger partial charge in [-0.05, 0) is 41.4 Å². The normalized spacial score (nSPS) is 17.9. The fourth-order valence-electron chi connectivity index (χ4n) is 2.11. The van der Waals surface area contributed by atoms with E-state index in [0.29, 0.717) is 16.6 Å². The number of carbonyl (C=O) groups is 1. The van der Waals surface area contributed by atoms with Crippen LogP contribution in [0.4, 0.5) is 5.69 Å². The van der Waals surface area contributed by atoms with Gasteiger partial charge in [0.1, 0.15) is 0 Å². The van der Waals surface area contributed by atoms with E-state index >= 15 is 0 Å². The highest BCUT2D eigenvalue weighted by Gasteiger charge is 2.17. The number of anilines is 1. The van der Waals surface area contributed by atoms with E-state index in [1.165, 1.54) is 4.57 Å². The van der Waals surface area contributed by atoms with Crippen LogP contribution in [0.5, 0.6) is 0 Å². The molecule has 0 aliphatic carbocycles. The van der Waals surface area contributed by atoms with Crippen molar-refractivity contribution in [3.05, 3.63) is 27.1 Å². The molecule has 1 aromatic rings. The highest BCUT2D eigenvalue weighted by molar-refractivity contribution is 9.10. The Bertz CT molecular complexity index is 486. The number of carbonyl (C=O) groups excluding carboxylic acids is 1. The van der Waals surface area contributed by atoms with Crippen LogP contribution in [0.1, 0.15) is 19.3 Å². The van der Waals surface area contributed by atoms with Crippen LogP contribution in [0.2, 0.25) is 0 Å². The van der Waals surface area contributed by atoms with Gasteiger partial charge in [0.2, 0.25) is 5.91 Å². The van der Waals surface area contributed by atoms with Crippen LogP contribution in [0.25, 0.3) is 0 Å². The first-order valence-corrected chi connectivity index (χ1v) is 6.75. The van der Waals surface area contributed by atoms with Gasteiger partial charge in [-0.3, -0.25) is 9.59 Å². The Hall–Kier alpha value is -0.850. The minimum atomic E-state index is -0.120. The van der Waals surface area contributed by atoms with E-state index in [4.69, 9.17) is 0 Å². The first kappa shape index (κ1) is 16.2. The number of aryl methyl sites for hydroxylation is 1. The third-order valence-corrected chi connectivity index (χ3v) is 3.59. The number of pyridine rings is 1. The zero-order valence-electron chi connectivity index (χ0n) is 10.6. The van der Waals surface area contributed by atoms with Crippen molar-refractivity contribution >= 4 is 39.9 Å². The Labute approximate surface area is 126 Å². The molecule has 106 valence electrons. The molecule has 0 bridgehead atoms. The Morgan fingerprint density at radius 1 is 1.63 bits per heavy atom. The fourth-order valence-corrected chi connectivity index (χ4v) is 2.63. The molecule has 0 aromatic carbocycles. The number of nitrogens with one attached hydrogen (secondary N) is 2. The van der Waals surface area contributed by atoms with E-state index in [0.717, 1.165) is 19.4 Å². The van der Waals surface area contributed by atoms with Crippen LogP contribution in [0, 0.1) is 0 Å². The number of amides is 1. The molecule has 1 fully saturated rings. The summed E-state index contributed by atoms with van der Waals surface area (Å²) in [4.78, 5) is 23.3. The molecule has 0 saturated carbocycles. The summed E-state index contributed by atoms with van der Waals surface area (Å²) >= 11 is 3.18. The van der Waals surface area contributed by atoms with Gasteiger partial charge in [0.15, 0.2) is 0 Å². The summed E-state index contributed by atoms with van der Waals surface area (Å²) in [5.74, 6) is -0.0278. The Balaban J connectivity index is 0.00000180. The molecule has 1 aliphatic rings. The summed E-state index contributed by atoms with van der Waals surface area (Å²) in [5.41, 5.74) is 0.512. The molecule has 0 radical (unpaired) electrons. The van der Waals surface area contributed by atoms with Crippen molar-refractivity contribution in [1.29, 1.82) is 0 Å². The lowest BCUT2D eigenvalue weighted by atomic mass is 10.1. The third kappa shape index (κ3) is 4.33. The van der Waals surface area contributed by atoms with Gasteiger partial charge in [-0.1, -0.05) is 0 Å². The molecule has 1 saturated heterocycles. The highest BCUT2D eigenvalue weighted by atomic mass is 79.9. The van der Waals surface area contributed by atoms with E-state index in [2.05, 4.69) is 26.6 Å². The molecular formula is C12H17BrClN3O2. The van der Waals surface area contributed by atoms with E-state index in [-0.39, 0.29) is 29.9 Å². The van der Waals surface area contributed by atoms with Crippen molar-refractivity contribution in [3.63, 3.8) is 0 Å². The lowest BCUT2D eigenvalue weighted by Crippen LogP contribution is -2.28. The largest absolute Gasteiger partial charge is 0.325 e. The highest BCUT2D eigenvalue weighted by Crippen LogP contribution is 2.13. The third-order valence-electron chi connectivity index (χ3n) is 3.02. The summed E-state index contributed by atoms with van der Waals surface area (Å²) in [5, 5.41) is 6.09. The van der Waals surface area contributed by atoms with Crippen molar-refractivity contribution in [2.24, 2.45) is 7.05 Å². The van der Waals surface area contributed by atoms with E-state index in [1.54, 1.807) is 19.3 Å². The average Bonchev–Trinajstić information content (AvgIpc) is 2.78. The summed E-state index contributed by atoms with van der Waals surface area (Å²) in [7, 11) is 1.65. The predicted octanol–water partition coefficient (Wildman–Crippen LogP) is 1.65.